The number of benzene rings is 3. The van der Waals surface area contributed by atoms with Crippen LogP contribution in [0.1, 0.15) is 0 Å². The van der Waals surface area contributed by atoms with E-state index in [-0.39, 0.29) is 0 Å². The molecule has 3 aromatic carbocycles. The monoisotopic (exact) mass is 324 g/mol. The highest BCUT2D eigenvalue weighted by molar-refractivity contribution is 6.33. The van der Waals surface area contributed by atoms with Crippen LogP contribution in [-0.2, 0) is 4.79 Å². The zero-order valence-corrected chi connectivity index (χ0v) is 12.9. The molecule has 0 spiro atoms. The highest BCUT2D eigenvalue weighted by atomic mass is 35.5. The molecule has 0 atom stereocenters. The van der Waals surface area contributed by atoms with Crippen molar-refractivity contribution in [3.05, 3.63) is 78.3 Å². The molecular weight excluding hydrogens is 312 g/mol. The number of esters is 1. The van der Waals surface area contributed by atoms with Crippen LogP contribution in [-0.4, -0.2) is 5.97 Å². The Morgan fingerprint density at radius 2 is 1.65 bits per heavy atom. The summed E-state index contributed by atoms with van der Waals surface area (Å²) in [4.78, 5) is 11.5. The smallest absolute Gasteiger partial charge is 0.335 e. The van der Waals surface area contributed by atoms with Crippen LogP contribution in [0.3, 0.4) is 0 Å². The zero-order chi connectivity index (χ0) is 16.2. The topological polar surface area (TPSA) is 35.5 Å². The Balaban J connectivity index is 2.12. The Labute approximate surface area is 138 Å². The first kappa shape index (κ1) is 15.1. The van der Waals surface area contributed by atoms with Crippen LogP contribution in [0.15, 0.2) is 73.3 Å². The molecule has 0 saturated heterocycles. The van der Waals surface area contributed by atoms with E-state index >= 15 is 0 Å². The summed E-state index contributed by atoms with van der Waals surface area (Å²) in [6.07, 6.45) is 1.10. The van der Waals surface area contributed by atoms with Gasteiger partial charge in [0, 0.05) is 22.9 Å². The fraction of sp³-hybridized carbons (Fsp3) is 0. The number of carbonyl (C=O) groups is 1. The molecule has 0 N–H and O–H groups in total. The van der Waals surface area contributed by atoms with Crippen molar-refractivity contribution in [3.8, 4) is 17.2 Å². The minimum absolute atomic E-state index is 0.296. The summed E-state index contributed by atoms with van der Waals surface area (Å²) in [5.74, 6) is 1.03. The Hall–Kier alpha value is -2.78. The van der Waals surface area contributed by atoms with Crippen LogP contribution in [0, 0.1) is 0 Å². The molecule has 23 heavy (non-hydrogen) atoms. The van der Waals surface area contributed by atoms with E-state index in [0.29, 0.717) is 27.7 Å². The van der Waals surface area contributed by atoms with E-state index in [4.69, 9.17) is 21.1 Å². The summed E-state index contributed by atoms with van der Waals surface area (Å²) >= 11 is 6.28. The number of fused-ring (bicyclic) bond motifs is 1. The van der Waals surface area contributed by atoms with Crippen molar-refractivity contribution >= 4 is 28.3 Å². The van der Waals surface area contributed by atoms with E-state index in [1.807, 2.05) is 54.6 Å². The summed E-state index contributed by atoms with van der Waals surface area (Å²) in [5.41, 5.74) is 0. The SMILES string of the molecule is C=CC(=O)Oc1c(Cl)cc(Oc2ccccc2)c2ccccc12. The van der Waals surface area contributed by atoms with Gasteiger partial charge in [-0.3, -0.25) is 0 Å². The first-order chi connectivity index (χ1) is 11.2. The van der Waals surface area contributed by atoms with Crippen molar-refractivity contribution in [1.82, 2.24) is 0 Å². The van der Waals surface area contributed by atoms with E-state index in [0.717, 1.165) is 11.5 Å². The van der Waals surface area contributed by atoms with Crippen LogP contribution in [0.5, 0.6) is 17.2 Å². The Morgan fingerprint density at radius 1 is 1.00 bits per heavy atom. The van der Waals surface area contributed by atoms with E-state index in [9.17, 15) is 4.79 Å². The second-order valence-corrected chi connectivity index (χ2v) is 5.18. The van der Waals surface area contributed by atoms with Gasteiger partial charge in [0.25, 0.3) is 0 Å². The molecule has 0 bridgehead atoms. The van der Waals surface area contributed by atoms with Gasteiger partial charge in [0.2, 0.25) is 0 Å². The third-order valence-corrected chi connectivity index (χ3v) is 3.53. The first-order valence-electron chi connectivity index (χ1n) is 6.97. The standard InChI is InChI=1S/C19H13ClO3/c1-2-18(21)23-19-15-11-7-6-10-14(15)17(12-16(19)20)22-13-8-4-3-5-9-13/h2-12H,1H2. The molecule has 0 radical (unpaired) electrons. The molecule has 0 fully saturated rings. The fourth-order valence-corrected chi connectivity index (χ4v) is 2.47. The molecule has 0 aliphatic rings. The minimum Gasteiger partial charge on any atom is -0.457 e. The number of carbonyl (C=O) groups excluding carboxylic acids is 1. The molecule has 0 saturated carbocycles. The van der Waals surface area contributed by atoms with Crippen LogP contribution in [0.25, 0.3) is 10.8 Å². The van der Waals surface area contributed by atoms with Gasteiger partial charge in [0.1, 0.15) is 11.5 Å². The maximum atomic E-state index is 11.5. The maximum absolute atomic E-state index is 11.5. The molecular formula is C19H13ClO3. The summed E-state index contributed by atoms with van der Waals surface area (Å²) < 4.78 is 11.2. The lowest BCUT2D eigenvalue weighted by Gasteiger charge is -2.13. The van der Waals surface area contributed by atoms with Crippen LogP contribution >= 0.6 is 11.6 Å². The van der Waals surface area contributed by atoms with Gasteiger partial charge >= 0.3 is 5.97 Å². The minimum atomic E-state index is -0.561. The first-order valence-corrected chi connectivity index (χ1v) is 7.35. The van der Waals surface area contributed by atoms with Crippen molar-refractivity contribution in [2.75, 3.05) is 0 Å². The molecule has 0 aliphatic carbocycles. The van der Waals surface area contributed by atoms with Gasteiger partial charge < -0.3 is 9.47 Å². The van der Waals surface area contributed by atoms with Gasteiger partial charge in [-0.25, -0.2) is 4.79 Å². The normalized spacial score (nSPS) is 10.3. The summed E-state index contributed by atoms with van der Waals surface area (Å²) in [5, 5.41) is 1.79. The van der Waals surface area contributed by atoms with Gasteiger partial charge in [-0.2, -0.15) is 0 Å². The van der Waals surface area contributed by atoms with Gasteiger partial charge in [-0.1, -0.05) is 60.6 Å². The summed E-state index contributed by atoms with van der Waals surface area (Å²) in [6, 6.07) is 18.5. The van der Waals surface area contributed by atoms with Crippen LogP contribution < -0.4 is 9.47 Å². The molecule has 3 nitrogen and oxygen atoms in total. The predicted molar refractivity (Wildman–Crippen MR) is 91.3 cm³/mol. The van der Waals surface area contributed by atoms with Gasteiger partial charge in [-0.15, -0.1) is 0 Å². The van der Waals surface area contributed by atoms with Crippen molar-refractivity contribution in [2.45, 2.75) is 0 Å². The quantitative estimate of drug-likeness (QED) is 0.367. The van der Waals surface area contributed by atoms with Crippen LogP contribution in [0.2, 0.25) is 5.02 Å². The lowest BCUT2D eigenvalue weighted by atomic mass is 10.1. The van der Waals surface area contributed by atoms with Gasteiger partial charge in [0.15, 0.2) is 5.75 Å². The highest BCUT2D eigenvalue weighted by Gasteiger charge is 2.15. The number of hydrogen-bond acceptors (Lipinski definition) is 3. The molecule has 4 heteroatoms. The third kappa shape index (κ3) is 3.20. The number of rotatable bonds is 4. The summed E-state index contributed by atoms with van der Waals surface area (Å²) in [6.45, 7) is 3.40. The molecule has 0 aromatic heterocycles. The lowest BCUT2D eigenvalue weighted by molar-refractivity contribution is -0.128. The molecule has 0 amide bonds. The Kier molecular flexibility index (Phi) is 4.31. The predicted octanol–water partition coefficient (Wildman–Crippen LogP) is 5.38. The Bertz CT molecular complexity index is 872. The second kappa shape index (κ2) is 6.55. The number of hydrogen-bond donors (Lipinski definition) is 0. The zero-order valence-electron chi connectivity index (χ0n) is 12.2. The average molecular weight is 325 g/mol. The maximum Gasteiger partial charge on any atom is 0.335 e. The molecule has 0 heterocycles. The van der Waals surface area contributed by atoms with E-state index in [1.54, 1.807) is 6.07 Å². The van der Waals surface area contributed by atoms with Crippen molar-refractivity contribution < 1.29 is 14.3 Å². The molecule has 3 rings (SSSR count). The summed E-state index contributed by atoms with van der Waals surface area (Å²) in [7, 11) is 0. The third-order valence-electron chi connectivity index (χ3n) is 3.25. The van der Waals surface area contributed by atoms with Gasteiger partial charge in [0.05, 0.1) is 5.02 Å². The number of halogens is 1. The highest BCUT2D eigenvalue weighted by Crippen LogP contribution is 2.41. The van der Waals surface area contributed by atoms with E-state index < -0.39 is 5.97 Å². The van der Waals surface area contributed by atoms with E-state index in [2.05, 4.69) is 6.58 Å². The van der Waals surface area contributed by atoms with Crippen molar-refractivity contribution in [3.63, 3.8) is 0 Å². The largest absolute Gasteiger partial charge is 0.457 e. The Morgan fingerprint density at radius 3 is 2.35 bits per heavy atom. The molecule has 0 aliphatic heterocycles. The number of para-hydroxylation sites is 1. The number of ether oxygens (including phenoxy) is 2. The van der Waals surface area contributed by atoms with Crippen molar-refractivity contribution in [1.29, 1.82) is 0 Å². The lowest BCUT2D eigenvalue weighted by Crippen LogP contribution is -2.04. The fourth-order valence-electron chi connectivity index (χ4n) is 2.23. The van der Waals surface area contributed by atoms with Crippen molar-refractivity contribution in [2.24, 2.45) is 0 Å². The molecule has 3 aromatic rings. The van der Waals surface area contributed by atoms with E-state index in [1.165, 1.54) is 0 Å². The molecule has 0 unspecified atom stereocenters. The second-order valence-electron chi connectivity index (χ2n) is 4.77. The van der Waals surface area contributed by atoms with Crippen LogP contribution in [0.4, 0.5) is 0 Å². The van der Waals surface area contributed by atoms with Gasteiger partial charge in [-0.05, 0) is 12.1 Å². The molecule has 114 valence electrons. The average Bonchev–Trinajstić information content (AvgIpc) is 2.59.